The van der Waals surface area contributed by atoms with E-state index in [9.17, 15) is 9.59 Å². The molecule has 4 nitrogen and oxygen atoms in total. The van der Waals surface area contributed by atoms with Gasteiger partial charge in [0, 0.05) is 0 Å². The quantitative estimate of drug-likeness (QED) is 0.837. The second-order valence-electron chi connectivity index (χ2n) is 5.21. The highest BCUT2D eigenvalue weighted by molar-refractivity contribution is 5.91. The van der Waals surface area contributed by atoms with Gasteiger partial charge in [0.05, 0.1) is 5.56 Å². The standard InChI is InChI=1S/C14H18O4/c1-9(12(15)16)18-13(17)10-5-7-11(8-6-10)14(2,3)4/h5-9H,1-4H3,(H,15,16)/t9-/m0/s1. The third-order valence-corrected chi connectivity index (χ3v) is 2.62. The maximum Gasteiger partial charge on any atom is 0.344 e. The molecule has 0 unspecified atom stereocenters. The topological polar surface area (TPSA) is 63.6 Å². The van der Waals surface area contributed by atoms with Gasteiger partial charge in [-0.1, -0.05) is 32.9 Å². The zero-order valence-corrected chi connectivity index (χ0v) is 11.1. The van der Waals surface area contributed by atoms with E-state index in [1.54, 1.807) is 12.1 Å². The fourth-order valence-corrected chi connectivity index (χ4v) is 1.39. The molecule has 0 radical (unpaired) electrons. The lowest BCUT2D eigenvalue weighted by molar-refractivity contribution is -0.146. The lowest BCUT2D eigenvalue weighted by Crippen LogP contribution is -2.23. The molecule has 1 N–H and O–H groups in total. The summed E-state index contributed by atoms with van der Waals surface area (Å²) in [6.07, 6.45) is -1.14. The third kappa shape index (κ3) is 3.58. The number of rotatable bonds is 3. The number of carboxylic acid groups (broad SMARTS) is 1. The number of aliphatic carboxylic acids is 1. The maximum atomic E-state index is 11.6. The van der Waals surface area contributed by atoms with Gasteiger partial charge >= 0.3 is 11.9 Å². The van der Waals surface area contributed by atoms with Crippen molar-refractivity contribution in [1.82, 2.24) is 0 Å². The number of carboxylic acids is 1. The highest BCUT2D eigenvalue weighted by Crippen LogP contribution is 2.22. The zero-order chi connectivity index (χ0) is 13.9. The summed E-state index contributed by atoms with van der Waals surface area (Å²) in [6.45, 7) is 7.55. The molecule has 4 heteroatoms. The molecule has 0 aromatic heterocycles. The largest absolute Gasteiger partial charge is 0.479 e. The summed E-state index contributed by atoms with van der Waals surface area (Å²) in [5.41, 5.74) is 1.47. The molecule has 1 atom stereocenters. The monoisotopic (exact) mass is 250 g/mol. The van der Waals surface area contributed by atoms with E-state index >= 15 is 0 Å². The molecule has 0 spiro atoms. The Bertz CT molecular complexity index is 440. The Morgan fingerprint density at radius 3 is 2.06 bits per heavy atom. The Labute approximate surface area is 107 Å². The molecule has 0 fully saturated rings. The van der Waals surface area contributed by atoms with Crippen LogP contribution in [0.4, 0.5) is 0 Å². The number of hydrogen-bond acceptors (Lipinski definition) is 3. The predicted octanol–water partition coefficient (Wildman–Crippen LogP) is 2.61. The van der Waals surface area contributed by atoms with Crippen LogP contribution in [-0.4, -0.2) is 23.1 Å². The van der Waals surface area contributed by atoms with Gasteiger partial charge in [0.15, 0.2) is 6.10 Å². The van der Waals surface area contributed by atoms with Gasteiger partial charge in [0.1, 0.15) is 0 Å². The van der Waals surface area contributed by atoms with E-state index in [0.717, 1.165) is 5.56 Å². The van der Waals surface area contributed by atoms with Crippen LogP contribution in [0.15, 0.2) is 24.3 Å². The van der Waals surface area contributed by atoms with Gasteiger partial charge in [-0.25, -0.2) is 9.59 Å². The summed E-state index contributed by atoms with van der Waals surface area (Å²) < 4.78 is 4.78. The Kier molecular flexibility index (Phi) is 4.11. The highest BCUT2D eigenvalue weighted by atomic mass is 16.6. The molecule has 1 aromatic carbocycles. The van der Waals surface area contributed by atoms with Crippen LogP contribution >= 0.6 is 0 Å². The maximum absolute atomic E-state index is 11.6. The van der Waals surface area contributed by atoms with Crippen molar-refractivity contribution >= 4 is 11.9 Å². The van der Waals surface area contributed by atoms with Crippen molar-refractivity contribution in [2.45, 2.75) is 39.2 Å². The van der Waals surface area contributed by atoms with Crippen LogP contribution in [0.5, 0.6) is 0 Å². The van der Waals surface area contributed by atoms with E-state index in [0.29, 0.717) is 5.56 Å². The van der Waals surface area contributed by atoms with Gasteiger partial charge < -0.3 is 9.84 Å². The first-order valence-electron chi connectivity index (χ1n) is 5.76. The molecule has 0 aliphatic rings. The minimum absolute atomic E-state index is 0.0107. The van der Waals surface area contributed by atoms with Crippen LogP contribution in [0, 0.1) is 0 Å². The van der Waals surface area contributed by atoms with E-state index < -0.39 is 18.0 Å². The lowest BCUT2D eigenvalue weighted by atomic mass is 9.87. The van der Waals surface area contributed by atoms with E-state index in [1.807, 2.05) is 12.1 Å². The molecule has 0 aliphatic carbocycles. The van der Waals surface area contributed by atoms with Crippen LogP contribution in [0.3, 0.4) is 0 Å². The molecule has 0 amide bonds. The fraction of sp³-hybridized carbons (Fsp3) is 0.429. The Hall–Kier alpha value is -1.84. The average molecular weight is 250 g/mol. The van der Waals surface area contributed by atoms with Crippen LogP contribution in [0.25, 0.3) is 0 Å². The number of hydrogen-bond donors (Lipinski definition) is 1. The Morgan fingerprint density at radius 1 is 1.17 bits per heavy atom. The number of carbonyl (C=O) groups excluding carboxylic acids is 1. The summed E-state index contributed by atoms with van der Waals surface area (Å²) in [6, 6.07) is 7.00. The minimum Gasteiger partial charge on any atom is -0.479 e. The van der Waals surface area contributed by atoms with Gasteiger partial charge in [-0.05, 0) is 30.0 Å². The van der Waals surface area contributed by atoms with Crippen molar-refractivity contribution in [3.8, 4) is 0 Å². The van der Waals surface area contributed by atoms with Crippen LogP contribution in [-0.2, 0) is 14.9 Å². The summed E-state index contributed by atoms with van der Waals surface area (Å²) >= 11 is 0. The van der Waals surface area contributed by atoms with Gasteiger partial charge in [-0.15, -0.1) is 0 Å². The summed E-state index contributed by atoms with van der Waals surface area (Å²) in [7, 11) is 0. The van der Waals surface area contributed by atoms with Gasteiger partial charge in [0.25, 0.3) is 0 Å². The van der Waals surface area contributed by atoms with Crippen molar-refractivity contribution in [2.24, 2.45) is 0 Å². The normalized spacial score (nSPS) is 12.9. The van der Waals surface area contributed by atoms with E-state index in [-0.39, 0.29) is 5.41 Å². The van der Waals surface area contributed by atoms with E-state index in [1.165, 1.54) is 6.92 Å². The van der Waals surface area contributed by atoms with Crippen molar-refractivity contribution in [2.75, 3.05) is 0 Å². The number of carbonyl (C=O) groups is 2. The first-order chi connectivity index (χ1) is 8.21. The first kappa shape index (κ1) is 14.2. The molecular weight excluding hydrogens is 232 g/mol. The molecule has 0 saturated heterocycles. The van der Waals surface area contributed by atoms with Crippen LogP contribution in [0.2, 0.25) is 0 Å². The van der Waals surface area contributed by atoms with Crippen LogP contribution < -0.4 is 0 Å². The smallest absolute Gasteiger partial charge is 0.344 e. The van der Waals surface area contributed by atoms with Crippen molar-refractivity contribution < 1.29 is 19.4 Å². The molecule has 0 bridgehead atoms. The average Bonchev–Trinajstić information content (AvgIpc) is 2.27. The molecule has 1 rings (SSSR count). The molecule has 0 saturated carbocycles. The van der Waals surface area contributed by atoms with Gasteiger partial charge in [0.2, 0.25) is 0 Å². The van der Waals surface area contributed by atoms with Crippen molar-refractivity contribution in [3.05, 3.63) is 35.4 Å². The number of esters is 1. The highest BCUT2D eigenvalue weighted by Gasteiger charge is 2.19. The minimum atomic E-state index is -1.16. The Morgan fingerprint density at radius 2 is 1.67 bits per heavy atom. The molecular formula is C14H18O4. The van der Waals surface area contributed by atoms with Gasteiger partial charge in [-0.2, -0.15) is 0 Å². The third-order valence-electron chi connectivity index (χ3n) is 2.62. The van der Waals surface area contributed by atoms with Crippen LogP contribution in [0.1, 0.15) is 43.6 Å². The molecule has 1 aromatic rings. The lowest BCUT2D eigenvalue weighted by Gasteiger charge is -2.19. The number of benzene rings is 1. The molecule has 98 valence electrons. The van der Waals surface area contributed by atoms with Crippen molar-refractivity contribution in [1.29, 1.82) is 0 Å². The Balaban J connectivity index is 2.80. The molecule has 0 heterocycles. The van der Waals surface area contributed by atoms with E-state index in [2.05, 4.69) is 20.8 Å². The predicted molar refractivity (Wildman–Crippen MR) is 67.7 cm³/mol. The molecule has 18 heavy (non-hydrogen) atoms. The summed E-state index contributed by atoms with van der Waals surface area (Å²) in [4.78, 5) is 22.2. The fourth-order valence-electron chi connectivity index (χ4n) is 1.39. The summed E-state index contributed by atoms with van der Waals surface area (Å²) in [5, 5.41) is 8.65. The SMILES string of the molecule is C[C@H](OC(=O)c1ccc(C(C)(C)C)cc1)C(=O)O. The van der Waals surface area contributed by atoms with Crippen molar-refractivity contribution in [3.63, 3.8) is 0 Å². The summed E-state index contributed by atoms with van der Waals surface area (Å²) in [5.74, 6) is -1.78. The second-order valence-corrected chi connectivity index (χ2v) is 5.21. The second kappa shape index (κ2) is 5.21. The van der Waals surface area contributed by atoms with Gasteiger partial charge in [-0.3, -0.25) is 0 Å². The van der Waals surface area contributed by atoms with E-state index in [4.69, 9.17) is 9.84 Å². The molecule has 0 aliphatic heterocycles. The first-order valence-corrected chi connectivity index (χ1v) is 5.76. The zero-order valence-electron chi connectivity index (χ0n) is 11.1. The number of ether oxygens (including phenoxy) is 1.